The van der Waals surface area contributed by atoms with Gasteiger partial charge in [-0.15, -0.1) is 0 Å². The van der Waals surface area contributed by atoms with Gasteiger partial charge in [0.1, 0.15) is 11.3 Å². The van der Waals surface area contributed by atoms with Crippen molar-refractivity contribution in [2.45, 2.75) is 38.6 Å². The summed E-state index contributed by atoms with van der Waals surface area (Å²) in [5.41, 5.74) is 5.66. The highest BCUT2D eigenvalue weighted by molar-refractivity contribution is 5.88. The van der Waals surface area contributed by atoms with Crippen molar-refractivity contribution in [2.75, 3.05) is 12.4 Å². The van der Waals surface area contributed by atoms with E-state index in [0.717, 1.165) is 12.1 Å². The molecule has 0 bridgehead atoms. The average Bonchev–Trinajstić information content (AvgIpc) is 2.38. The number of nitrogens with two attached hydrogens (primary N) is 1. The Hall–Kier alpha value is -1.71. The zero-order chi connectivity index (χ0) is 13.6. The number of anilines is 1. The quantitative estimate of drug-likeness (QED) is 0.781. The molecule has 4 nitrogen and oxygen atoms in total. The molecular weight excluding hydrogens is 228 g/mol. The summed E-state index contributed by atoms with van der Waals surface area (Å²) in [5, 5.41) is 3.26. The SMILES string of the molecule is CCCC(CC)(Nc1ccccc1OC)C(N)=O. The van der Waals surface area contributed by atoms with Gasteiger partial charge in [-0.2, -0.15) is 0 Å². The number of carbonyl (C=O) groups excluding carboxylic acids is 1. The molecule has 4 heteroatoms. The first-order valence-corrected chi connectivity index (χ1v) is 6.30. The fraction of sp³-hybridized carbons (Fsp3) is 0.500. The second-order valence-electron chi connectivity index (χ2n) is 4.38. The lowest BCUT2D eigenvalue weighted by atomic mass is 9.89. The number of primary amides is 1. The summed E-state index contributed by atoms with van der Waals surface area (Å²) in [5.74, 6) is 0.394. The third-order valence-electron chi connectivity index (χ3n) is 3.23. The Balaban J connectivity index is 3.06. The maximum atomic E-state index is 11.8. The van der Waals surface area contributed by atoms with E-state index in [1.54, 1.807) is 7.11 Å². The van der Waals surface area contributed by atoms with Gasteiger partial charge in [-0.1, -0.05) is 32.4 Å². The third kappa shape index (κ3) is 2.94. The molecule has 1 atom stereocenters. The van der Waals surface area contributed by atoms with Crippen molar-refractivity contribution in [3.8, 4) is 5.75 Å². The first-order chi connectivity index (χ1) is 8.59. The van der Waals surface area contributed by atoms with E-state index in [0.29, 0.717) is 18.6 Å². The normalized spacial score (nSPS) is 13.7. The van der Waals surface area contributed by atoms with Gasteiger partial charge in [0.2, 0.25) is 5.91 Å². The van der Waals surface area contributed by atoms with E-state index in [4.69, 9.17) is 10.5 Å². The zero-order valence-electron chi connectivity index (χ0n) is 11.3. The Morgan fingerprint density at radius 3 is 2.56 bits per heavy atom. The van der Waals surface area contributed by atoms with Crippen LogP contribution in [-0.2, 0) is 4.79 Å². The molecular formula is C14H22N2O2. The summed E-state index contributed by atoms with van der Waals surface area (Å²) in [6.45, 7) is 4.00. The highest BCUT2D eigenvalue weighted by atomic mass is 16.5. The molecule has 1 aromatic carbocycles. The van der Waals surface area contributed by atoms with E-state index >= 15 is 0 Å². The van der Waals surface area contributed by atoms with Crippen molar-refractivity contribution >= 4 is 11.6 Å². The molecule has 1 aromatic rings. The number of benzene rings is 1. The van der Waals surface area contributed by atoms with Crippen molar-refractivity contribution in [3.63, 3.8) is 0 Å². The number of para-hydroxylation sites is 2. The van der Waals surface area contributed by atoms with Crippen molar-refractivity contribution in [3.05, 3.63) is 24.3 Å². The Kier molecular flexibility index (Phi) is 5.01. The highest BCUT2D eigenvalue weighted by Gasteiger charge is 2.34. The lowest BCUT2D eigenvalue weighted by molar-refractivity contribution is -0.122. The average molecular weight is 250 g/mol. The summed E-state index contributed by atoms with van der Waals surface area (Å²) >= 11 is 0. The maximum Gasteiger partial charge on any atom is 0.243 e. The monoisotopic (exact) mass is 250 g/mol. The lowest BCUT2D eigenvalue weighted by Gasteiger charge is -2.32. The predicted molar refractivity (Wildman–Crippen MR) is 73.7 cm³/mol. The molecule has 0 aliphatic rings. The topological polar surface area (TPSA) is 64.3 Å². The first kappa shape index (κ1) is 14.4. The number of carbonyl (C=O) groups is 1. The van der Waals surface area contributed by atoms with Crippen LogP contribution < -0.4 is 15.8 Å². The number of ether oxygens (including phenoxy) is 1. The lowest BCUT2D eigenvalue weighted by Crippen LogP contribution is -2.50. The minimum atomic E-state index is -0.705. The zero-order valence-corrected chi connectivity index (χ0v) is 11.3. The molecule has 1 unspecified atom stereocenters. The second kappa shape index (κ2) is 6.28. The first-order valence-electron chi connectivity index (χ1n) is 6.30. The molecule has 100 valence electrons. The van der Waals surface area contributed by atoms with Gasteiger partial charge in [-0.25, -0.2) is 0 Å². The Labute approximate surface area is 109 Å². The summed E-state index contributed by atoms with van der Waals surface area (Å²) in [6, 6.07) is 7.54. The standard InChI is InChI=1S/C14H22N2O2/c1-4-10-14(5-2,13(15)17)16-11-8-6-7-9-12(11)18-3/h6-9,16H,4-5,10H2,1-3H3,(H2,15,17). The van der Waals surface area contributed by atoms with Crippen LogP contribution in [0.25, 0.3) is 0 Å². The Bertz CT molecular complexity index is 407. The van der Waals surface area contributed by atoms with Gasteiger partial charge in [0, 0.05) is 0 Å². The number of rotatable bonds is 7. The Morgan fingerprint density at radius 1 is 1.39 bits per heavy atom. The van der Waals surface area contributed by atoms with Crippen molar-refractivity contribution < 1.29 is 9.53 Å². The molecule has 0 saturated carbocycles. The van der Waals surface area contributed by atoms with E-state index in [1.807, 2.05) is 38.1 Å². The van der Waals surface area contributed by atoms with E-state index in [2.05, 4.69) is 5.32 Å². The van der Waals surface area contributed by atoms with Crippen LogP contribution >= 0.6 is 0 Å². The fourth-order valence-electron chi connectivity index (χ4n) is 2.12. The number of hydrogen-bond donors (Lipinski definition) is 2. The fourth-order valence-corrected chi connectivity index (χ4v) is 2.12. The molecule has 0 radical (unpaired) electrons. The Morgan fingerprint density at radius 2 is 2.06 bits per heavy atom. The summed E-state index contributed by atoms with van der Waals surface area (Å²) in [7, 11) is 1.61. The predicted octanol–water partition coefficient (Wildman–Crippen LogP) is 2.54. The number of amides is 1. The van der Waals surface area contributed by atoms with Gasteiger partial charge < -0.3 is 15.8 Å². The molecule has 0 saturated heterocycles. The smallest absolute Gasteiger partial charge is 0.243 e. The highest BCUT2D eigenvalue weighted by Crippen LogP contribution is 2.30. The number of methoxy groups -OCH3 is 1. The van der Waals surface area contributed by atoms with Crippen LogP contribution in [-0.4, -0.2) is 18.6 Å². The molecule has 18 heavy (non-hydrogen) atoms. The van der Waals surface area contributed by atoms with Crippen LogP contribution in [0.15, 0.2) is 24.3 Å². The van der Waals surface area contributed by atoms with Crippen LogP contribution in [0.4, 0.5) is 5.69 Å². The van der Waals surface area contributed by atoms with E-state index in [-0.39, 0.29) is 5.91 Å². The largest absolute Gasteiger partial charge is 0.495 e. The van der Waals surface area contributed by atoms with Crippen LogP contribution in [0, 0.1) is 0 Å². The van der Waals surface area contributed by atoms with Crippen LogP contribution in [0.3, 0.4) is 0 Å². The summed E-state index contributed by atoms with van der Waals surface area (Å²) in [4.78, 5) is 11.8. The molecule has 0 aromatic heterocycles. The summed E-state index contributed by atoms with van der Waals surface area (Å²) in [6.07, 6.45) is 2.24. The van der Waals surface area contributed by atoms with E-state index in [9.17, 15) is 4.79 Å². The maximum absolute atomic E-state index is 11.8. The van der Waals surface area contributed by atoms with Gasteiger partial charge >= 0.3 is 0 Å². The van der Waals surface area contributed by atoms with Gasteiger partial charge in [-0.05, 0) is 25.0 Å². The van der Waals surface area contributed by atoms with Gasteiger partial charge in [0.15, 0.2) is 0 Å². The van der Waals surface area contributed by atoms with E-state index < -0.39 is 5.54 Å². The van der Waals surface area contributed by atoms with E-state index in [1.165, 1.54) is 0 Å². The summed E-state index contributed by atoms with van der Waals surface area (Å²) < 4.78 is 5.28. The number of hydrogen-bond acceptors (Lipinski definition) is 3. The van der Waals surface area contributed by atoms with Gasteiger partial charge in [0.25, 0.3) is 0 Å². The van der Waals surface area contributed by atoms with Gasteiger partial charge in [0.05, 0.1) is 12.8 Å². The molecule has 0 spiro atoms. The molecule has 0 aliphatic heterocycles. The van der Waals surface area contributed by atoms with Gasteiger partial charge in [-0.3, -0.25) is 4.79 Å². The van der Waals surface area contributed by atoms with Crippen molar-refractivity contribution in [2.24, 2.45) is 5.73 Å². The van der Waals surface area contributed by atoms with Crippen LogP contribution in [0.5, 0.6) is 5.75 Å². The van der Waals surface area contributed by atoms with Crippen LogP contribution in [0.1, 0.15) is 33.1 Å². The minimum absolute atomic E-state index is 0.322. The molecule has 1 amide bonds. The molecule has 3 N–H and O–H groups in total. The number of nitrogens with one attached hydrogen (secondary N) is 1. The second-order valence-corrected chi connectivity index (χ2v) is 4.38. The molecule has 1 rings (SSSR count). The van der Waals surface area contributed by atoms with Crippen molar-refractivity contribution in [1.29, 1.82) is 0 Å². The third-order valence-corrected chi connectivity index (χ3v) is 3.23. The molecule has 0 heterocycles. The molecule has 0 fully saturated rings. The minimum Gasteiger partial charge on any atom is -0.495 e. The van der Waals surface area contributed by atoms with Crippen LogP contribution in [0.2, 0.25) is 0 Å². The molecule has 0 aliphatic carbocycles. The van der Waals surface area contributed by atoms with Crippen molar-refractivity contribution in [1.82, 2.24) is 0 Å².